The molecule has 2 aliphatic heterocycles. The highest BCUT2D eigenvalue weighted by Gasteiger charge is 2.51. The average Bonchev–Trinajstić information content (AvgIpc) is 3.42. The zero-order chi connectivity index (χ0) is 37.9. The Morgan fingerprint density at radius 2 is 1.38 bits per heavy atom. The van der Waals surface area contributed by atoms with E-state index in [1.165, 1.54) is 0 Å². The normalized spacial score (nSPS) is 30.8. The lowest BCUT2D eigenvalue weighted by atomic mass is 9.96. The monoisotopic (exact) mass is 734 g/mol. The van der Waals surface area contributed by atoms with Crippen LogP contribution in [0.5, 0.6) is 0 Å². The Balaban J connectivity index is 1.22. The lowest BCUT2D eigenvalue weighted by Crippen LogP contribution is -2.66. The van der Waals surface area contributed by atoms with Gasteiger partial charge in [0.15, 0.2) is 12.5 Å². The summed E-state index contributed by atoms with van der Waals surface area (Å²) in [4.78, 5) is 39.5. The molecule has 2 aromatic carbocycles. The zero-order valence-corrected chi connectivity index (χ0v) is 28.8. The van der Waals surface area contributed by atoms with Crippen LogP contribution in [0.2, 0.25) is 0 Å². The van der Waals surface area contributed by atoms with Gasteiger partial charge < -0.3 is 70.1 Å². The van der Waals surface area contributed by atoms with E-state index in [2.05, 4.69) is 10.6 Å². The van der Waals surface area contributed by atoms with Gasteiger partial charge in [-0.05, 0) is 43.0 Å². The Bertz CT molecular complexity index is 1520. The maximum Gasteiger partial charge on any atom is 0.407 e. The van der Waals surface area contributed by atoms with Gasteiger partial charge in [0.1, 0.15) is 67.1 Å². The van der Waals surface area contributed by atoms with E-state index in [0.29, 0.717) is 0 Å². The molecule has 2 saturated heterocycles. The molecule has 2 heterocycles. The summed E-state index contributed by atoms with van der Waals surface area (Å²) in [7, 11) is 0. The van der Waals surface area contributed by atoms with E-state index in [0.717, 1.165) is 22.3 Å². The Kier molecular flexibility index (Phi) is 12.5. The molecule has 0 bridgehead atoms. The highest BCUT2D eigenvalue weighted by atomic mass is 16.7. The standard InChI is InChI=1S/C35H46N2O15/c1-35(2,3)52-32(46)21(36-34(47)48-15-20-18-10-6-4-8-16(18)17-9-5-7-11-19(17)20)12-24(40)37-31-28(44)27(43)30(23(14-39)49-31)51-33-29(45)26(42)25(41)22(13-38)50-33/h4-11,20-23,25-31,33,38-39,41-45H,12-15H2,1-3H3,(H,36,47)(H,37,40)/t21-,22+,23+,25-,26-,27+,28+,29+,30+,31+,33-/m0/s1. The van der Waals surface area contributed by atoms with Crippen molar-refractivity contribution in [3.8, 4) is 11.1 Å². The molecule has 11 atom stereocenters. The number of carbonyl (C=O) groups is 3. The van der Waals surface area contributed by atoms with Gasteiger partial charge in [-0.3, -0.25) is 4.79 Å². The maximum atomic E-state index is 13.2. The van der Waals surface area contributed by atoms with Crippen LogP contribution >= 0.6 is 0 Å². The minimum absolute atomic E-state index is 0.0675. The highest BCUT2D eigenvalue weighted by molar-refractivity contribution is 5.88. The third-order valence-corrected chi connectivity index (χ3v) is 9.02. The lowest BCUT2D eigenvalue weighted by molar-refractivity contribution is -0.343. The van der Waals surface area contributed by atoms with Crippen molar-refractivity contribution in [2.75, 3.05) is 19.8 Å². The van der Waals surface area contributed by atoms with E-state index in [4.69, 9.17) is 23.7 Å². The van der Waals surface area contributed by atoms with Crippen LogP contribution in [0.15, 0.2) is 48.5 Å². The van der Waals surface area contributed by atoms with E-state index in [1.54, 1.807) is 20.8 Å². The molecule has 3 aliphatic rings. The van der Waals surface area contributed by atoms with Gasteiger partial charge in [-0.1, -0.05) is 48.5 Å². The molecule has 0 radical (unpaired) electrons. The summed E-state index contributed by atoms with van der Waals surface area (Å²) >= 11 is 0. The number of aliphatic hydroxyl groups is 7. The molecular formula is C35H46N2O15. The average molecular weight is 735 g/mol. The summed E-state index contributed by atoms with van der Waals surface area (Å²) in [5.41, 5.74) is 2.97. The predicted octanol–water partition coefficient (Wildman–Crippen LogP) is -1.63. The molecule has 17 nitrogen and oxygen atoms in total. The Labute approximate surface area is 299 Å². The molecular weight excluding hydrogens is 688 g/mol. The number of fused-ring (bicyclic) bond motifs is 3. The molecule has 5 rings (SSSR count). The highest BCUT2D eigenvalue weighted by Crippen LogP contribution is 2.44. The van der Waals surface area contributed by atoms with Gasteiger partial charge in [0.25, 0.3) is 0 Å². The molecule has 0 saturated carbocycles. The quantitative estimate of drug-likeness (QED) is 0.117. The van der Waals surface area contributed by atoms with Crippen LogP contribution in [0.4, 0.5) is 4.79 Å². The van der Waals surface area contributed by atoms with Crippen molar-refractivity contribution in [3.05, 3.63) is 59.7 Å². The van der Waals surface area contributed by atoms with E-state index in [9.17, 15) is 50.1 Å². The summed E-state index contributed by atoms with van der Waals surface area (Å²) < 4.78 is 27.4. The fourth-order valence-corrected chi connectivity index (χ4v) is 6.46. The molecule has 286 valence electrons. The second-order valence-corrected chi connectivity index (χ2v) is 13.9. The minimum atomic E-state index is -1.91. The van der Waals surface area contributed by atoms with Crippen LogP contribution in [0, 0.1) is 0 Å². The molecule has 1 aliphatic carbocycles. The number of hydrogen-bond acceptors (Lipinski definition) is 15. The van der Waals surface area contributed by atoms with E-state index < -0.39 is 111 Å². The number of alkyl carbamates (subject to hydrolysis) is 1. The van der Waals surface area contributed by atoms with Gasteiger partial charge in [-0.15, -0.1) is 0 Å². The number of carbonyl (C=O) groups excluding carboxylic acids is 3. The number of aliphatic hydroxyl groups excluding tert-OH is 7. The van der Waals surface area contributed by atoms with Crippen molar-refractivity contribution in [2.24, 2.45) is 0 Å². The smallest absolute Gasteiger partial charge is 0.407 e. The molecule has 2 aromatic rings. The van der Waals surface area contributed by atoms with Crippen molar-refractivity contribution >= 4 is 18.0 Å². The van der Waals surface area contributed by atoms with Crippen LogP contribution < -0.4 is 10.6 Å². The second-order valence-electron chi connectivity index (χ2n) is 13.9. The molecule has 9 N–H and O–H groups in total. The van der Waals surface area contributed by atoms with Crippen LogP contribution in [0.25, 0.3) is 11.1 Å². The number of ether oxygens (including phenoxy) is 5. The van der Waals surface area contributed by atoms with Crippen molar-refractivity contribution in [2.45, 2.75) is 106 Å². The van der Waals surface area contributed by atoms with E-state index in [1.807, 2.05) is 48.5 Å². The Hall–Kier alpha value is -3.75. The summed E-state index contributed by atoms with van der Waals surface area (Å²) in [5.74, 6) is -2.16. The largest absolute Gasteiger partial charge is 0.458 e. The first-order valence-corrected chi connectivity index (χ1v) is 16.9. The van der Waals surface area contributed by atoms with Crippen molar-refractivity contribution in [1.82, 2.24) is 10.6 Å². The lowest BCUT2D eigenvalue weighted by Gasteiger charge is -2.46. The minimum Gasteiger partial charge on any atom is -0.458 e. The second kappa shape index (κ2) is 16.5. The maximum absolute atomic E-state index is 13.2. The van der Waals surface area contributed by atoms with Gasteiger partial charge >= 0.3 is 12.1 Å². The number of amides is 2. The number of hydrogen-bond donors (Lipinski definition) is 9. The zero-order valence-electron chi connectivity index (χ0n) is 28.8. The molecule has 0 spiro atoms. The SMILES string of the molecule is CC(C)(C)OC(=O)[C@H](CC(=O)N[C@@H]1O[C@H](CO)[C@@H](O[C@@H]2O[C@H](CO)[C@H](O)[C@H](O)[C@H]2O)[C@H](O)[C@H]1O)NC(=O)OCC1c2ccccc2-c2ccccc21. The molecule has 52 heavy (non-hydrogen) atoms. The molecule has 2 amide bonds. The van der Waals surface area contributed by atoms with Crippen LogP contribution in [-0.4, -0.2) is 147 Å². The number of rotatable bonds is 11. The van der Waals surface area contributed by atoms with Crippen molar-refractivity contribution in [1.29, 1.82) is 0 Å². The summed E-state index contributed by atoms with van der Waals surface area (Å²) in [6, 6.07) is 13.9. The summed E-state index contributed by atoms with van der Waals surface area (Å²) in [5, 5.41) is 76.4. The number of esters is 1. The van der Waals surface area contributed by atoms with E-state index >= 15 is 0 Å². The first-order chi connectivity index (χ1) is 24.6. The van der Waals surface area contributed by atoms with E-state index in [-0.39, 0.29) is 12.5 Å². The van der Waals surface area contributed by atoms with Gasteiger partial charge in [0.2, 0.25) is 5.91 Å². The molecule has 0 unspecified atom stereocenters. The first-order valence-electron chi connectivity index (χ1n) is 16.9. The summed E-state index contributed by atoms with van der Waals surface area (Å²) in [6.07, 6.45) is -18.6. The van der Waals surface area contributed by atoms with Gasteiger partial charge in [-0.2, -0.15) is 0 Å². The summed E-state index contributed by atoms with van der Waals surface area (Å²) in [6.45, 7) is 3.14. The van der Waals surface area contributed by atoms with Gasteiger partial charge in [0, 0.05) is 5.92 Å². The van der Waals surface area contributed by atoms with Gasteiger partial charge in [0.05, 0.1) is 19.6 Å². The molecule has 0 aromatic heterocycles. The molecule has 17 heteroatoms. The molecule has 2 fully saturated rings. The van der Waals surface area contributed by atoms with Gasteiger partial charge in [-0.25, -0.2) is 9.59 Å². The van der Waals surface area contributed by atoms with Crippen molar-refractivity contribution in [3.63, 3.8) is 0 Å². The predicted molar refractivity (Wildman–Crippen MR) is 177 cm³/mol. The number of nitrogens with one attached hydrogen (secondary N) is 2. The fourth-order valence-electron chi connectivity index (χ4n) is 6.46. The Morgan fingerprint density at radius 1 is 0.788 bits per heavy atom. The Morgan fingerprint density at radius 3 is 1.96 bits per heavy atom. The number of benzene rings is 2. The fraction of sp³-hybridized carbons (Fsp3) is 0.571. The first kappa shape index (κ1) is 39.5. The van der Waals surface area contributed by atoms with Crippen LogP contribution in [0.3, 0.4) is 0 Å². The van der Waals surface area contributed by atoms with Crippen LogP contribution in [-0.2, 0) is 33.3 Å². The topological polar surface area (TPSA) is 263 Å². The van der Waals surface area contributed by atoms with Crippen LogP contribution in [0.1, 0.15) is 44.2 Å². The van der Waals surface area contributed by atoms with Crippen molar-refractivity contribution < 1.29 is 73.8 Å². The third kappa shape index (κ3) is 8.71. The third-order valence-electron chi connectivity index (χ3n) is 9.02.